The molecule has 0 atom stereocenters. The van der Waals surface area contributed by atoms with Crippen molar-refractivity contribution in [2.24, 2.45) is 0 Å². The Balaban J connectivity index is 2.17. The summed E-state index contributed by atoms with van der Waals surface area (Å²) >= 11 is 0. The van der Waals surface area contributed by atoms with E-state index in [0.717, 1.165) is 12.1 Å². The summed E-state index contributed by atoms with van der Waals surface area (Å²) in [5, 5.41) is 2.58. The number of hydrogen-bond acceptors (Lipinski definition) is 3. The molecule has 0 spiro atoms. The van der Waals surface area contributed by atoms with Crippen LogP contribution in [0.25, 0.3) is 0 Å². The maximum absolute atomic E-state index is 12.7. The Kier molecular flexibility index (Phi) is 5.33. The molecule has 0 aliphatic rings. The summed E-state index contributed by atoms with van der Waals surface area (Å²) in [6.07, 6.45) is -4.42. The van der Waals surface area contributed by atoms with Crippen molar-refractivity contribution in [3.8, 4) is 11.5 Å². The topological polar surface area (TPSA) is 47.6 Å². The van der Waals surface area contributed by atoms with Crippen molar-refractivity contribution in [3.05, 3.63) is 59.2 Å². The van der Waals surface area contributed by atoms with Gasteiger partial charge in [0.05, 0.1) is 19.8 Å². The fraction of sp³-hybridized carbons (Fsp3) is 0.235. The first-order chi connectivity index (χ1) is 11.4. The quantitative estimate of drug-likeness (QED) is 0.904. The highest BCUT2D eigenvalue weighted by atomic mass is 19.4. The predicted octanol–water partition coefficient (Wildman–Crippen LogP) is 3.65. The summed E-state index contributed by atoms with van der Waals surface area (Å²) in [6.45, 7) is -0.0516. The molecule has 0 radical (unpaired) electrons. The van der Waals surface area contributed by atoms with Crippen LogP contribution in [0.1, 0.15) is 21.5 Å². The monoisotopic (exact) mass is 339 g/mol. The SMILES string of the molecule is COc1cccc(OC)c1C(=O)NCc1cccc(C(F)(F)F)c1. The number of benzene rings is 2. The molecule has 1 amide bonds. The maximum Gasteiger partial charge on any atom is 0.416 e. The zero-order valence-corrected chi connectivity index (χ0v) is 13.1. The van der Waals surface area contributed by atoms with Gasteiger partial charge in [0.1, 0.15) is 17.1 Å². The number of alkyl halides is 3. The first-order valence-corrected chi connectivity index (χ1v) is 7.02. The van der Waals surface area contributed by atoms with Crippen molar-refractivity contribution in [2.75, 3.05) is 14.2 Å². The van der Waals surface area contributed by atoms with Crippen LogP contribution in [0, 0.1) is 0 Å². The number of rotatable bonds is 5. The molecule has 0 saturated heterocycles. The summed E-state index contributed by atoms with van der Waals surface area (Å²) in [5.41, 5.74) is -0.231. The van der Waals surface area contributed by atoms with Crippen molar-refractivity contribution in [1.82, 2.24) is 5.32 Å². The van der Waals surface area contributed by atoms with Gasteiger partial charge < -0.3 is 14.8 Å². The smallest absolute Gasteiger partial charge is 0.416 e. The molecule has 0 unspecified atom stereocenters. The van der Waals surface area contributed by atoms with Gasteiger partial charge >= 0.3 is 6.18 Å². The largest absolute Gasteiger partial charge is 0.496 e. The first-order valence-electron chi connectivity index (χ1n) is 7.02. The molecule has 2 rings (SSSR count). The minimum Gasteiger partial charge on any atom is -0.496 e. The van der Waals surface area contributed by atoms with E-state index in [0.29, 0.717) is 17.1 Å². The lowest BCUT2D eigenvalue weighted by Crippen LogP contribution is -2.24. The molecule has 128 valence electrons. The number of methoxy groups -OCH3 is 2. The fourth-order valence-corrected chi connectivity index (χ4v) is 2.20. The molecule has 0 aromatic heterocycles. The fourth-order valence-electron chi connectivity index (χ4n) is 2.20. The van der Waals surface area contributed by atoms with E-state index in [1.54, 1.807) is 18.2 Å². The molecule has 2 aromatic carbocycles. The second kappa shape index (κ2) is 7.25. The van der Waals surface area contributed by atoms with Crippen LogP contribution < -0.4 is 14.8 Å². The normalized spacial score (nSPS) is 11.0. The molecule has 24 heavy (non-hydrogen) atoms. The van der Waals surface area contributed by atoms with Crippen molar-refractivity contribution >= 4 is 5.91 Å². The highest BCUT2D eigenvalue weighted by Gasteiger charge is 2.30. The van der Waals surface area contributed by atoms with E-state index >= 15 is 0 Å². The van der Waals surface area contributed by atoms with Gasteiger partial charge in [-0.2, -0.15) is 13.2 Å². The average Bonchev–Trinajstić information content (AvgIpc) is 2.58. The summed E-state index contributed by atoms with van der Waals surface area (Å²) in [5.74, 6) is 0.133. The van der Waals surface area contributed by atoms with Gasteiger partial charge in [0.15, 0.2) is 0 Å². The first kappa shape index (κ1) is 17.7. The van der Waals surface area contributed by atoms with Crippen LogP contribution >= 0.6 is 0 Å². The lowest BCUT2D eigenvalue weighted by molar-refractivity contribution is -0.137. The van der Waals surface area contributed by atoms with Gasteiger partial charge in [-0.3, -0.25) is 4.79 Å². The molecule has 0 bridgehead atoms. The van der Waals surface area contributed by atoms with Crippen LogP contribution in [-0.4, -0.2) is 20.1 Å². The van der Waals surface area contributed by atoms with Crippen LogP contribution in [0.4, 0.5) is 13.2 Å². The van der Waals surface area contributed by atoms with Gasteiger partial charge in [-0.25, -0.2) is 0 Å². The molecule has 7 heteroatoms. The Hall–Kier alpha value is -2.70. The molecule has 0 aliphatic carbocycles. The van der Waals surface area contributed by atoms with Crippen molar-refractivity contribution < 1.29 is 27.4 Å². The molecular weight excluding hydrogens is 323 g/mol. The van der Waals surface area contributed by atoms with Gasteiger partial charge in [0.2, 0.25) is 0 Å². The van der Waals surface area contributed by atoms with E-state index < -0.39 is 17.6 Å². The van der Waals surface area contributed by atoms with Crippen LogP contribution in [0.15, 0.2) is 42.5 Å². The Labute approximate surface area is 137 Å². The number of carbonyl (C=O) groups excluding carboxylic acids is 1. The van der Waals surface area contributed by atoms with Gasteiger partial charge in [-0.15, -0.1) is 0 Å². The summed E-state index contributed by atoms with van der Waals surface area (Å²) in [4.78, 5) is 12.4. The van der Waals surface area contributed by atoms with E-state index in [9.17, 15) is 18.0 Å². The highest BCUT2D eigenvalue weighted by Crippen LogP contribution is 2.30. The molecule has 0 aliphatic heterocycles. The Bertz CT molecular complexity index is 707. The number of ether oxygens (including phenoxy) is 2. The third kappa shape index (κ3) is 3.98. The van der Waals surface area contributed by atoms with Crippen molar-refractivity contribution in [3.63, 3.8) is 0 Å². The van der Waals surface area contributed by atoms with Gasteiger partial charge in [0.25, 0.3) is 5.91 Å². The van der Waals surface area contributed by atoms with E-state index in [-0.39, 0.29) is 12.1 Å². The lowest BCUT2D eigenvalue weighted by Gasteiger charge is -2.13. The van der Waals surface area contributed by atoms with Gasteiger partial charge in [0, 0.05) is 6.54 Å². The van der Waals surface area contributed by atoms with E-state index in [1.807, 2.05) is 0 Å². The average molecular weight is 339 g/mol. The van der Waals surface area contributed by atoms with Crippen LogP contribution in [0.2, 0.25) is 0 Å². The number of carbonyl (C=O) groups is 1. The van der Waals surface area contributed by atoms with Gasteiger partial charge in [-0.05, 0) is 29.8 Å². The highest BCUT2D eigenvalue weighted by molar-refractivity contribution is 5.99. The standard InChI is InChI=1S/C17H16F3NO3/c1-23-13-7-4-8-14(24-2)15(13)16(22)21-10-11-5-3-6-12(9-11)17(18,19)20/h3-9H,10H2,1-2H3,(H,21,22). The Morgan fingerprint density at radius 1 is 1.04 bits per heavy atom. The van der Waals surface area contributed by atoms with Crippen LogP contribution in [0.5, 0.6) is 11.5 Å². The molecule has 4 nitrogen and oxygen atoms in total. The minimum atomic E-state index is -4.42. The number of hydrogen-bond donors (Lipinski definition) is 1. The number of nitrogens with one attached hydrogen (secondary N) is 1. The molecule has 1 N–H and O–H groups in total. The predicted molar refractivity (Wildman–Crippen MR) is 82.2 cm³/mol. The number of amides is 1. The number of halogens is 3. The van der Waals surface area contributed by atoms with Gasteiger partial charge in [-0.1, -0.05) is 18.2 Å². The second-order valence-electron chi connectivity index (χ2n) is 4.92. The summed E-state index contributed by atoms with van der Waals surface area (Å²) < 4.78 is 48.4. The summed E-state index contributed by atoms with van der Waals surface area (Å²) in [7, 11) is 2.83. The zero-order valence-electron chi connectivity index (χ0n) is 13.1. The van der Waals surface area contributed by atoms with Crippen molar-refractivity contribution in [2.45, 2.75) is 12.7 Å². The Morgan fingerprint density at radius 2 is 1.62 bits per heavy atom. The molecule has 0 fully saturated rings. The lowest BCUT2D eigenvalue weighted by atomic mass is 10.1. The second-order valence-corrected chi connectivity index (χ2v) is 4.92. The third-order valence-electron chi connectivity index (χ3n) is 3.36. The van der Waals surface area contributed by atoms with E-state index in [1.165, 1.54) is 26.4 Å². The molecular formula is C17H16F3NO3. The summed E-state index contributed by atoms with van der Waals surface area (Å²) in [6, 6.07) is 9.65. The van der Waals surface area contributed by atoms with Crippen LogP contribution in [-0.2, 0) is 12.7 Å². The molecule has 0 saturated carbocycles. The molecule has 0 heterocycles. The molecule has 2 aromatic rings. The maximum atomic E-state index is 12.7. The van der Waals surface area contributed by atoms with Crippen LogP contribution in [0.3, 0.4) is 0 Å². The third-order valence-corrected chi connectivity index (χ3v) is 3.36. The minimum absolute atomic E-state index is 0.0516. The Morgan fingerprint density at radius 3 is 2.17 bits per heavy atom. The van der Waals surface area contributed by atoms with Crippen molar-refractivity contribution in [1.29, 1.82) is 0 Å². The zero-order chi connectivity index (χ0) is 17.7. The van der Waals surface area contributed by atoms with E-state index in [2.05, 4.69) is 5.32 Å². The van der Waals surface area contributed by atoms with E-state index in [4.69, 9.17) is 9.47 Å².